The van der Waals surface area contributed by atoms with Crippen molar-refractivity contribution in [2.45, 2.75) is 64.5 Å². The van der Waals surface area contributed by atoms with Crippen LogP contribution in [0, 0.1) is 5.92 Å². The minimum Gasteiger partial charge on any atom is -0.377 e. The van der Waals surface area contributed by atoms with Gasteiger partial charge in [-0.1, -0.05) is 26.2 Å². The summed E-state index contributed by atoms with van der Waals surface area (Å²) in [6.45, 7) is 5.03. The summed E-state index contributed by atoms with van der Waals surface area (Å²) < 4.78 is 5.75. The van der Waals surface area contributed by atoms with Crippen LogP contribution in [0.4, 0.5) is 0 Å². The van der Waals surface area contributed by atoms with E-state index in [4.69, 9.17) is 10.6 Å². The highest BCUT2D eigenvalue weighted by Crippen LogP contribution is 2.34. The number of ether oxygens (including phenoxy) is 1. The van der Waals surface area contributed by atoms with Crippen molar-refractivity contribution >= 4 is 0 Å². The third-order valence-electron chi connectivity index (χ3n) is 3.20. The number of nitrogens with one attached hydrogen (secondary N) is 1. The van der Waals surface area contributed by atoms with E-state index in [9.17, 15) is 0 Å². The minimum absolute atomic E-state index is 0.295. The Morgan fingerprint density at radius 3 is 2.53 bits per heavy atom. The quantitative estimate of drug-likeness (QED) is 0.457. The lowest BCUT2D eigenvalue weighted by Crippen LogP contribution is -2.45. The van der Waals surface area contributed by atoms with Gasteiger partial charge in [-0.25, -0.2) is 0 Å². The summed E-state index contributed by atoms with van der Waals surface area (Å²) in [5, 5.41) is 0. The molecule has 1 saturated carbocycles. The maximum atomic E-state index is 5.75. The van der Waals surface area contributed by atoms with Crippen LogP contribution >= 0.6 is 0 Å². The Morgan fingerprint density at radius 2 is 2.07 bits per heavy atom. The zero-order valence-corrected chi connectivity index (χ0v) is 10.2. The molecule has 1 aliphatic carbocycles. The van der Waals surface area contributed by atoms with Gasteiger partial charge in [0.05, 0.1) is 6.10 Å². The van der Waals surface area contributed by atoms with Gasteiger partial charge in [-0.15, -0.1) is 0 Å². The molecule has 0 aliphatic heterocycles. The maximum Gasteiger partial charge on any atom is 0.0741 e. The van der Waals surface area contributed by atoms with E-state index in [0.29, 0.717) is 12.1 Å². The van der Waals surface area contributed by atoms with E-state index in [2.05, 4.69) is 19.3 Å². The van der Waals surface area contributed by atoms with Gasteiger partial charge >= 0.3 is 0 Å². The highest BCUT2D eigenvalue weighted by Gasteiger charge is 2.25. The maximum absolute atomic E-state index is 5.75. The molecule has 0 saturated heterocycles. The van der Waals surface area contributed by atoms with Gasteiger partial charge in [0.15, 0.2) is 0 Å². The molecule has 0 bridgehead atoms. The van der Waals surface area contributed by atoms with Gasteiger partial charge in [-0.2, -0.15) is 0 Å². The molecule has 0 heterocycles. The van der Waals surface area contributed by atoms with Gasteiger partial charge in [0.1, 0.15) is 0 Å². The highest BCUT2D eigenvalue weighted by molar-refractivity contribution is 4.80. The average Bonchev–Trinajstić information content (AvgIpc) is 3.03. The molecule has 90 valence electrons. The molecule has 1 fully saturated rings. The summed E-state index contributed by atoms with van der Waals surface area (Å²) in [6.07, 6.45) is 7.87. The topological polar surface area (TPSA) is 47.3 Å². The lowest BCUT2D eigenvalue weighted by Gasteiger charge is -2.26. The fraction of sp³-hybridized carbons (Fsp3) is 1.00. The standard InChI is InChI=1S/C12H26N2O/c1-3-5-12(15-4-2)11(14-13)9-8-10-6-7-10/h10-12,14H,3-9,13H2,1-2H3. The van der Waals surface area contributed by atoms with Crippen LogP contribution < -0.4 is 11.3 Å². The largest absolute Gasteiger partial charge is 0.377 e. The van der Waals surface area contributed by atoms with Crippen molar-refractivity contribution in [2.24, 2.45) is 11.8 Å². The van der Waals surface area contributed by atoms with Gasteiger partial charge in [-0.3, -0.25) is 11.3 Å². The molecule has 0 aromatic heterocycles. The summed E-state index contributed by atoms with van der Waals surface area (Å²) in [6, 6.07) is 0.338. The number of hydrogen-bond donors (Lipinski definition) is 2. The number of hydrazine groups is 1. The van der Waals surface area contributed by atoms with Crippen LogP contribution in [-0.2, 0) is 4.74 Å². The SMILES string of the molecule is CCCC(OCC)C(CCC1CC1)NN. The fourth-order valence-corrected chi connectivity index (χ4v) is 2.10. The van der Waals surface area contributed by atoms with Crippen LogP contribution in [0.3, 0.4) is 0 Å². The molecule has 2 unspecified atom stereocenters. The van der Waals surface area contributed by atoms with Crippen molar-refractivity contribution in [1.82, 2.24) is 5.43 Å². The molecular weight excluding hydrogens is 188 g/mol. The number of rotatable bonds is 9. The monoisotopic (exact) mass is 214 g/mol. The summed E-state index contributed by atoms with van der Waals surface area (Å²) in [5.41, 5.74) is 2.93. The van der Waals surface area contributed by atoms with Gasteiger partial charge in [0, 0.05) is 12.6 Å². The second-order valence-corrected chi connectivity index (χ2v) is 4.58. The van der Waals surface area contributed by atoms with Crippen LogP contribution in [0.1, 0.15) is 52.4 Å². The summed E-state index contributed by atoms with van der Waals surface area (Å²) in [5.74, 6) is 6.59. The third kappa shape index (κ3) is 4.96. The van der Waals surface area contributed by atoms with Crippen LogP contribution in [-0.4, -0.2) is 18.8 Å². The molecular formula is C12H26N2O. The van der Waals surface area contributed by atoms with Crippen LogP contribution in [0.25, 0.3) is 0 Å². The van der Waals surface area contributed by atoms with E-state index in [1.165, 1.54) is 19.3 Å². The molecule has 3 N–H and O–H groups in total. The number of hydrogen-bond acceptors (Lipinski definition) is 3. The Hall–Kier alpha value is -0.120. The van der Waals surface area contributed by atoms with E-state index in [1.807, 2.05) is 0 Å². The first-order chi connectivity index (χ1) is 7.31. The average molecular weight is 214 g/mol. The molecule has 0 radical (unpaired) electrons. The molecule has 2 atom stereocenters. The van der Waals surface area contributed by atoms with Crippen molar-refractivity contribution in [1.29, 1.82) is 0 Å². The minimum atomic E-state index is 0.295. The normalized spacial score (nSPS) is 20.2. The Morgan fingerprint density at radius 1 is 1.33 bits per heavy atom. The molecule has 1 aliphatic rings. The molecule has 15 heavy (non-hydrogen) atoms. The first-order valence-corrected chi connectivity index (χ1v) is 6.39. The van der Waals surface area contributed by atoms with Crippen LogP contribution in [0.5, 0.6) is 0 Å². The van der Waals surface area contributed by atoms with Crippen molar-refractivity contribution in [3.8, 4) is 0 Å². The summed E-state index contributed by atoms with van der Waals surface area (Å²) in [7, 11) is 0. The number of nitrogens with two attached hydrogens (primary N) is 1. The molecule has 0 spiro atoms. The van der Waals surface area contributed by atoms with Crippen molar-refractivity contribution in [3.63, 3.8) is 0 Å². The van der Waals surface area contributed by atoms with Gasteiger partial charge in [0.2, 0.25) is 0 Å². The predicted molar refractivity (Wildman–Crippen MR) is 63.4 cm³/mol. The molecule has 0 aromatic rings. The molecule has 3 nitrogen and oxygen atoms in total. The van der Waals surface area contributed by atoms with Crippen molar-refractivity contribution in [2.75, 3.05) is 6.61 Å². The van der Waals surface area contributed by atoms with Gasteiger partial charge < -0.3 is 4.74 Å². The summed E-state index contributed by atoms with van der Waals surface area (Å²) >= 11 is 0. The van der Waals surface area contributed by atoms with E-state index in [0.717, 1.165) is 31.8 Å². The zero-order chi connectivity index (χ0) is 11.1. The first-order valence-electron chi connectivity index (χ1n) is 6.39. The van der Waals surface area contributed by atoms with Crippen molar-refractivity contribution < 1.29 is 4.74 Å². The Bertz CT molecular complexity index is 154. The lowest BCUT2D eigenvalue weighted by atomic mass is 10.0. The van der Waals surface area contributed by atoms with Crippen LogP contribution in [0.15, 0.2) is 0 Å². The second kappa shape index (κ2) is 7.20. The molecule has 3 heteroatoms. The molecule has 0 amide bonds. The van der Waals surface area contributed by atoms with E-state index < -0.39 is 0 Å². The lowest BCUT2D eigenvalue weighted by molar-refractivity contribution is 0.0250. The predicted octanol–water partition coefficient (Wildman–Crippen LogP) is 2.21. The molecule has 1 rings (SSSR count). The fourth-order valence-electron chi connectivity index (χ4n) is 2.10. The van der Waals surface area contributed by atoms with Crippen LogP contribution in [0.2, 0.25) is 0 Å². The van der Waals surface area contributed by atoms with E-state index >= 15 is 0 Å². The highest BCUT2D eigenvalue weighted by atomic mass is 16.5. The second-order valence-electron chi connectivity index (χ2n) is 4.58. The zero-order valence-electron chi connectivity index (χ0n) is 10.2. The first kappa shape index (κ1) is 12.9. The van der Waals surface area contributed by atoms with E-state index in [1.54, 1.807) is 0 Å². The van der Waals surface area contributed by atoms with Gasteiger partial charge in [-0.05, 0) is 32.1 Å². The third-order valence-corrected chi connectivity index (χ3v) is 3.20. The Labute approximate surface area is 93.7 Å². The van der Waals surface area contributed by atoms with Crippen molar-refractivity contribution in [3.05, 3.63) is 0 Å². The molecule has 0 aromatic carbocycles. The Balaban J connectivity index is 2.28. The smallest absolute Gasteiger partial charge is 0.0741 e. The van der Waals surface area contributed by atoms with E-state index in [-0.39, 0.29) is 0 Å². The Kier molecular flexibility index (Phi) is 6.22. The summed E-state index contributed by atoms with van der Waals surface area (Å²) in [4.78, 5) is 0. The van der Waals surface area contributed by atoms with Gasteiger partial charge in [0.25, 0.3) is 0 Å².